The number of piperidine rings is 1. The molecule has 2 aromatic rings. The van der Waals surface area contributed by atoms with Crippen LogP contribution in [0, 0.1) is 22.6 Å². The number of carbonyl (C=O) groups is 1. The second-order valence-corrected chi connectivity index (χ2v) is 11.0. The number of likely N-dealkylation sites (tertiary alicyclic amines) is 1. The van der Waals surface area contributed by atoms with Gasteiger partial charge in [0.1, 0.15) is 5.82 Å². The number of rotatable bonds is 6. The standard InChI is InChI=1S/C26H34FN3O3/c1-18(2)14-25(9-10-25)23(32)29-12-11-26(33,24(3,4)15-29)16-30-17-28-21(13-22(30)31)19-7-5-6-8-20(19)27/h5-8,13,17-18,33H,9-12,14-16H2,1-4H3. The van der Waals surface area contributed by atoms with Gasteiger partial charge >= 0.3 is 0 Å². The summed E-state index contributed by atoms with van der Waals surface area (Å²) in [5.74, 6) is 0.238. The van der Waals surface area contributed by atoms with Crippen molar-refractivity contribution in [2.75, 3.05) is 13.1 Å². The molecule has 1 saturated heterocycles. The SMILES string of the molecule is CC(C)CC1(C(=O)N2CCC(O)(Cn3cnc(-c4ccccc4F)cc3=O)C(C)(C)C2)CC1. The Labute approximate surface area is 194 Å². The van der Waals surface area contributed by atoms with E-state index in [9.17, 15) is 19.1 Å². The number of amides is 1. The molecule has 2 aliphatic rings. The fourth-order valence-corrected chi connectivity index (χ4v) is 5.24. The minimum absolute atomic E-state index is 0.0720. The molecule has 1 N–H and O–H groups in total. The molecule has 1 aromatic heterocycles. The minimum Gasteiger partial charge on any atom is -0.387 e. The van der Waals surface area contributed by atoms with E-state index in [-0.39, 0.29) is 34.7 Å². The van der Waals surface area contributed by atoms with Crippen LogP contribution in [0.15, 0.2) is 41.5 Å². The molecule has 1 aliphatic heterocycles. The molecule has 2 heterocycles. The van der Waals surface area contributed by atoms with E-state index in [1.165, 1.54) is 23.0 Å². The van der Waals surface area contributed by atoms with Crippen LogP contribution in [-0.2, 0) is 11.3 Å². The van der Waals surface area contributed by atoms with Gasteiger partial charge in [-0.1, -0.05) is 39.8 Å². The van der Waals surface area contributed by atoms with E-state index in [0.29, 0.717) is 25.4 Å². The van der Waals surface area contributed by atoms with E-state index in [1.807, 2.05) is 18.7 Å². The summed E-state index contributed by atoms with van der Waals surface area (Å²) in [6, 6.07) is 7.49. The highest BCUT2D eigenvalue weighted by Crippen LogP contribution is 2.53. The molecule has 4 rings (SSSR count). The van der Waals surface area contributed by atoms with E-state index >= 15 is 0 Å². The average molecular weight is 456 g/mol. The Hall–Kier alpha value is -2.54. The van der Waals surface area contributed by atoms with Gasteiger partial charge < -0.3 is 10.0 Å². The molecule has 7 heteroatoms. The van der Waals surface area contributed by atoms with Gasteiger partial charge in [-0.05, 0) is 43.7 Å². The fraction of sp³-hybridized carbons (Fsp3) is 0.577. The van der Waals surface area contributed by atoms with Crippen molar-refractivity contribution in [2.24, 2.45) is 16.7 Å². The van der Waals surface area contributed by atoms with Crippen molar-refractivity contribution in [1.82, 2.24) is 14.5 Å². The van der Waals surface area contributed by atoms with Crippen LogP contribution in [-0.4, -0.2) is 44.2 Å². The van der Waals surface area contributed by atoms with Gasteiger partial charge in [0.05, 0.1) is 24.2 Å². The number of hydrogen-bond acceptors (Lipinski definition) is 4. The molecule has 1 unspecified atom stereocenters. The Kier molecular flexibility index (Phi) is 5.97. The van der Waals surface area contributed by atoms with E-state index in [0.717, 1.165) is 19.3 Å². The largest absolute Gasteiger partial charge is 0.387 e. The van der Waals surface area contributed by atoms with Gasteiger partial charge in [0.2, 0.25) is 5.91 Å². The van der Waals surface area contributed by atoms with Crippen LogP contribution in [0.2, 0.25) is 0 Å². The Morgan fingerprint density at radius 2 is 1.91 bits per heavy atom. The zero-order valence-electron chi connectivity index (χ0n) is 20.0. The zero-order valence-corrected chi connectivity index (χ0v) is 20.0. The van der Waals surface area contributed by atoms with Crippen LogP contribution in [0.5, 0.6) is 0 Å². The first kappa shape index (κ1) is 23.6. The van der Waals surface area contributed by atoms with Gasteiger partial charge in [-0.25, -0.2) is 9.37 Å². The van der Waals surface area contributed by atoms with Crippen molar-refractivity contribution in [3.8, 4) is 11.3 Å². The molecule has 0 bridgehead atoms. The Morgan fingerprint density at radius 3 is 2.48 bits per heavy atom. The summed E-state index contributed by atoms with van der Waals surface area (Å²) in [5.41, 5.74) is -1.82. The van der Waals surface area contributed by atoms with Gasteiger partial charge in [-0.15, -0.1) is 0 Å². The summed E-state index contributed by atoms with van der Waals surface area (Å²) in [5, 5.41) is 11.6. The first-order valence-electron chi connectivity index (χ1n) is 11.8. The lowest BCUT2D eigenvalue weighted by Crippen LogP contribution is -2.61. The van der Waals surface area contributed by atoms with Crippen molar-refractivity contribution in [2.45, 2.75) is 65.5 Å². The Balaban J connectivity index is 1.50. The lowest BCUT2D eigenvalue weighted by Gasteiger charge is -2.51. The van der Waals surface area contributed by atoms with Gasteiger partial charge in [0, 0.05) is 35.5 Å². The Morgan fingerprint density at radius 1 is 1.21 bits per heavy atom. The minimum atomic E-state index is -1.18. The van der Waals surface area contributed by atoms with Crippen molar-refractivity contribution in [3.05, 3.63) is 52.8 Å². The van der Waals surface area contributed by atoms with Crippen LogP contribution in [0.25, 0.3) is 11.3 Å². The van der Waals surface area contributed by atoms with Crippen LogP contribution >= 0.6 is 0 Å². The molecule has 1 aromatic carbocycles. The lowest BCUT2D eigenvalue weighted by atomic mass is 9.69. The number of aliphatic hydroxyl groups is 1. The number of hydrogen-bond donors (Lipinski definition) is 1. The molecular weight excluding hydrogens is 421 g/mol. The first-order chi connectivity index (χ1) is 15.5. The van der Waals surface area contributed by atoms with E-state index in [4.69, 9.17) is 0 Å². The lowest BCUT2D eigenvalue weighted by molar-refractivity contribution is -0.159. The van der Waals surface area contributed by atoms with Crippen LogP contribution in [0.1, 0.15) is 53.4 Å². The fourth-order valence-electron chi connectivity index (χ4n) is 5.24. The smallest absolute Gasteiger partial charge is 0.253 e. The number of halogens is 1. The molecule has 1 saturated carbocycles. The van der Waals surface area contributed by atoms with E-state index < -0.39 is 16.8 Å². The number of aromatic nitrogens is 2. The summed E-state index contributed by atoms with van der Waals surface area (Å²) >= 11 is 0. The molecular formula is C26H34FN3O3. The van der Waals surface area contributed by atoms with Crippen molar-refractivity contribution in [3.63, 3.8) is 0 Å². The van der Waals surface area contributed by atoms with Gasteiger partial charge in [-0.2, -0.15) is 0 Å². The number of nitrogens with zero attached hydrogens (tertiary/aromatic N) is 3. The Bertz CT molecular complexity index is 1110. The quantitative estimate of drug-likeness (QED) is 0.718. The van der Waals surface area contributed by atoms with Crippen LogP contribution < -0.4 is 5.56 Å². The molecule has 6 nitrogen and oxygen atoms in total. The highest BCUT2D eigenvalue weighted by atomic mass is 19.1. The van der Waals surface area contributed by atoms with Crippen molar-refractivity contribution >= 4 is 5.91 Å². The molecule has 178 valence electrons. The molecule has 0 radical (unpaired) electrons. The highest BCUT2D eigenvalue weighted by Gasteiger charge is 2.55. The zero-order chi connectivity index (χ0) is 24.0. The maximum Gasteiger partial charge on any atom is 0.253 e. The van der Waals surface area contributed by atoms with Gasteiger partial charge in [0.25, 0.3) is 5.56 Å². The van der Waals surface area contributed by atoms with Gasteiger partial charge in [-0.3, -0.25) is 14.2 Å². The first-order valence-corrected chi connectivity index (χ1v) is 11.8. The van der Waals surface area contributed by atoms with Gasteiger partial charge in [0.15, 0.2) is 0 Å². The molecule has 33 heavy (non-hydrogen) atoms. The summed E-state index contributed by atoms with van der Waals surface area (Å²) < 4.78 is 15.5. The van der Waals surface area contributed by atoms with Crippen LogP contribution in [0.4, 0.5) is 4.39 Å². The van der Waals surface area contributed by atoms with Crippen molar-refractivity contribution < 1.29 is 14.3 Å². The molecule has 1 aliphatic carbocycles. The summed E-state index contributed by atoms with van der Waals surface area (Å²) in [6.07, 6.45) is 4.55. The second-order valence-electron chi connectivity index (χ2n) is 11.0. The third-order valence-corrected chi connectivity index (χ3v) is 7.50. The summed E-state index contributed by atoms with van der Waals surface area (Å²) in [4.78, 5) is 32.3. The van der Waals surface area contributed by atoms with E-state index in [1.54, 1.807) is 18.2 Å². The number of carbonyl (C=O) groups excluding carboxylic acids is 1. The van der Waals surface area contributed by atoms with E-state index in [2.05, 4.69) is 18.8 Å². The number of benzene rings is 1. The average Bonchev–Trinajstić information content (AvgIpc) is 3.51. The maximum absolute atomic E-state index is 14.1. The van der Waals surface area contributed by atoms with Crippen LogP contribution in [0.3, 0.4) is 0 Å². The molecule has 2 fully saturated rings. The topological polar surface area (TPSA) is 75.4 Å². The third kappa shape index (κ3) is 4.47. The monoisotopic (exact) mass is 455 g/mol. The molecule has 0 spiro atoms. The molecule has 1 atom stereocenters. The highest BCUT2D eigenvalue weighted by molar-refractivity contribution is 5.85. The summed E-state index contributed by atoms with van der Waals surface area (Å²) in [7, 11) is 0. The second kappa shape index (κ2) is 8.35. The summed E-state index contributed by atoms with van der Waals surface area (Å²) in [6.45, 7) is 9.17. The third-order valence-electron chi connectivity index (χ3n) is 7.50. The van der Waals surface area contributed by atoms with Crippen molar-refractivity contribution in [1.29, 1.82) is 0 Å². The predicted octanol–water partition coefficient (Wildman–Crippen LogP) is 3.87. The predicted molar refractivity (Wildman–Crippen MR) is 125 cm³/mol. The normalized spacial score (nSPS) is 23.5. The molecule has 1 amide bonds. The maximum atomic E-state index is 14.1.